The third kappa shape index (κ3) is 6.45. The summed E-state index contributed by atoms with van der Waals surface area (Å²) in [7, 11) is -2.38. The molecule has 2 aromatic rings. The van der Waals surface area contributed by atoms with Crippen LogP contribution in [0.5, 0.6) is 5.75 Å². The van der Waals surface area contributed by atoms with Crippen LogP contribution in [0.1, 0.15) is 30.1 Å². The Morgan fingerprint density at radius 2 is 1.79 bits per heavy atom. The fourth-order valence-corrected chi connectivity index (χ4v) is 4.25. The number of likely N-dealkylation sites (tertiary alicyclic amines) is 1. The number of hydrogen-bond donors (Lipinski definition) is 2. The molecule has 33 heavy (non-hydrogen) atoms. The maximum Gasteiger partial charge on any atom is 0.409 e. The van der Waals surface area contributed by atoms with E-state index in [4.69, 9.17) is 9.47 Å². The number of hydrazone groups is 1. The second kappa shape index (κ2) is 10.8. The summed E-state index contributed by atoms with van der Waals surface area (Å²) < 4.78 is 38.0. The van der Waals surface area contributed by atoms with Crippen LogP contribution in [-0.4, -0.2) is 57.8 Å². The zero-order valence-corrected chi connectivity index (χ0v) is 19.2. The van der Waals surface area contributed by atoms with Gasteiger partial charge in [0.05, 0.1) is 18.6 Å². The molecule has 10 nitrogen and oxygen atoms in total. The van der Waals surface area contributed by atoms with E-state index in [1.165, 1.54) is 31.4 Å². The molecular formula is C22H26N4O6S. The minimum atomic E-state index is -3.90. The highest BCUT2D eigenvalue weighted by molar-refractivity contribution is 7.92. The van der Waals surface area contributed by atoms with Crippen LogP contribution in [0, 0.1) is 0 Å². The molecule has 0 aromatic heterocycles. The van der Waals surface area contributed by atoms with Crippen molar-refractivity contribution in [2.45, 2.75) is 24.7 Å². The van der Waals surface area contributed by atoms with Crippen molar-refractivity contribution in [2.75, 3.05) is 31.5 Å². The first-order chi connectivity index (χ1) is 15.8. The number of carbonyl (C=O) groups excluding carboxylic acids is 2. The van der Waals surface area contributed by atoms with Gasteiger partial charge >= 0.3 is 6.09 Å². The summed E-state index contributed by atoms with van der Waals surface area (Å²) in [5.41, 5.74) is 3.73. The molecule has 0 bridgehead atoms. The molecule has 0 aliphatic carbocycles. The molecule has 0 unspecified atom stereocenters. The Balaban J connectivity index is 1.62. The van der Waals surface area contributed by atoms with E-state index in [-0.39, 0.29) is 16.6 Å². The number of rotatable bonds is 7. The van der Waals surface area contributed by atoms with Gasteiger partial charge in [-0.3, -0.25) is 9.52 Å². The van der Waals surface area contributed by atoms with Crippen molar-refractivity contribution in [1.29, 1.82) is 0 Å². The van der Waals surface area contributed by atoms with Crippen LogP contribution in [0.2, 0.25) is 0 Å². The van der Waals surface area contributed by atoms with Crippen LogP contribution in [0.3, 0.4) is 0 Å². The third-order valence-corrected chi connectivity index (χ3v) is 6.31. The first-order valence-electron chi connectivity index (χ1n) is 10.4. The number of ether oxygens (including phenoxy) is 2. The zero-order chi connectivity index (χ0) is 23.8. The lowest BCUT2D eigenvalue weighted by Crippen LogP contribution is -2.39. The molecule has 1 aliphatic rings. The fourth-order valence-electron chi connectivity index (χ4n) is 3.15. The lowest BCUT2D eigenvalue weighted by atomic mass is 10.1. The van der Waals surface area contributed by atoms with Crippen molar-refractivity contribution < 1.29 is 27.5 Å². The summed E-state index contributed by atoms with van der Waals surface area (Å²) in [5.74, 6) is 0.0709. The fraction of sp³-hybridized carbons (Fsp3) is 0.318. The summed E-state index contributed by atoms with van der Waals surface area (Å²) in [5, 5.41) is 4.14. The molecule has 0 saturated carbocycles. The molecule has 1 fully saturated rings. The van der Waals surface area contributed by atoms with E-state index < -0.39 is 15.9 Å². The summed E-state index contributed by atoms with van der Waals surface area (Å²) in [6.45, 7) is 2.98. The SMILES string of the molecule is CCOC(=O)N1CCC(=NNC(=O)c2cccc(S(=O)(=O)Nc3ccc(OC)cc3)c2)CC1. The Morgan fingerprint density at radius 3 is 2.42 bits per heavy atom. The quantitative estimate of drug-likeness (QED) is 0.594. The Kier molecular flexibility index (Phi) is 7.88. The van der Waals surface area contributed by atoms with Crippen molar-refractivity contribution >= 4 is 33.4 Å². The van der Waals surface area contributed by atoms with Crippen LogP contribution in [-0.2, 0) is 14.8 Å². The van der Waals surface area contributed by atoms with Gasteiger partial charge < -0.3 is 14.4 Å². The van der Waals surface area contributed by atoms with Crippen molar-refractivity contribution in [2.24, 2.45) is 5.10 Å². The molecule has 0 radical (unpaired) electrons. The molecule has 11 heteroatoms. The highest BCUT2D eigenvalue weighted by Crippen LogP contribution is 2.20. The van der Waals surface area contributed by atoms with Crippen LogP contribution >= 0.6 is 0 Å². The molecular weight excluding hydrogens is 448 g/mol. The largest absolute Gasteiger partial charge is 0.497 e. The molecule has 2 amide bonds. The summed E-state index contributed by atoms with van der Waals surface area (Å²) >= 11 is 0. The summed E-state index contributed by atoms with van der Waals surface area (Å²) in [6.07, 6.45) is 0.667. The van der Waals surface area contributed by atoms with E-state index in [1.807, 2.05) is 0 Å². The van der Waals surface area contributed by atoms with E-state index in [0.29, 0.717) is 44.0 Å². The minimum Gasteiger partial charge on any atom is -0.497 e. The van der Waals surface area contributed by atoms with Gasteiger partial charge in [-0.2, -0.15) is 5.10 Å². The topological polar surface area (TPSA) is 126 Å². The lowest BCUT2D eigenvalue weighted by Gasteiger charge is -2.26. The highest BCUT2D eigenvalue weighted by Gasteiger charge is 2.21. The second-order valence-electron chi connectivity index (χ2n) is 7.17. The van der Waals surface area contributed by atoms with Gasteiger partial charge in [0.25, 0.3) is 15.9 Å². The first-order valence-corrected chi connectivity index (χ1v) is 11.8. The van der Waals surface area contributed by atoms with E-state index in [2.05, 4.69) is 15.2 Å². The Labute approximate surface area is 192 Å². The van der Waals surface area contributed by atoms with Crippen LogP contribution < -0.4 is 14.9 Å². The summed E-state index contributed by atoms with van der Waals surface area (Å²) in [6, 6.07) is 12.1. The molecule has 0 spiro atoms. The average molecular weight is 475 g/mol. The van der Waals surface area contributed by atoms with Crippen molar-refractivity contribution in [3.8, 4) is 5.75 Å². The minimum absolute atomic E-state index is 0.0543. The van der Waals surface area contributed by atoms with E-state index >= 15 is 0 Å². The first kappa shape index (κ1) is 24.1. The Bertz CT molecular complexity index is 1120. The van der Waals surface area contributed by atoms with Crippen LogP contribution in [0.4, 0.5) is 10.5 Å². The number of nitrogens with one attached hydrogen (secondary N) is 2. The maximum absolute atomic E-state index is 12.7. The number of carbonyl (C=O) groups is 2. The maximum atomic E-state index is 12.7. The molecule has 2 N–H and O–H groups in total. The van der Waals surface area contributed by atoms with Gasteiger partial charge in [-0.05, 0) is 49.4 Å². The van der Waals surface area contributed by atoms with Gasteiger partial charge in [-0.1, -0.05) is 6.07 Å². The van der Waals surface area contributed by atoms with E-state index in [1.54, 1.807) is 36.1 Å². The predicted molar refractivity (Wildman–Crippen MR) is 123 cm³/mol. The highest BCUT2D eigenvalue weighted by atomic mass is 32.2. The monoisotopic (exact) mass is 474 g/mol. The number of benzene rings is 2. The van der Waals surface area contributed by atoms with Gasteiger partial charge in [-0.15, -0.1) is 0 Å². The molecule has 176 valence electrons. The Morgan fingerprint density at radius 1 is 1.09 bits per heavy atom. The Hall–Kier alpha value is -3.60. The smallest absolute Gasteiger partial charge is 0.409 e. The molecule has 0 atom stereocenters. The van der Waals surface area contributed by atoms with Crippen molar-refractivity contribution in [3.05, 3.63) is 54.1 Å². The van der Waals surface area contributed by atoms with Crippen LogP contribution in [0.15, 0.2) is 58.5 Å². The molecule has 2 aromatic carbocycles. The van der Waals surface area contributed by atoms with Gasteiger partial charge in [0.15, 0.2) is 0 Å². The second-order valence-corrected chi connectivity index (χ2v) is 8.85. The lowest BCUT2D eigenvalue weighted by molar-refractivity contribution is 0.0951. The van der Waals surface area contributed by atoms with E-state index in [0.717, 1.165) is 5.71 Å². The number of nitrogens with zero attached hydrogens (tertiary/aromatic N) is 2. The number of hydrogen-bond acceptors (Lipinski definition) is 7. The molecule has 3 rings (SSSR count). The number of sulfonamides is 1. The number of piperidine rings is 1. The normalized spacial score (nSPS) is 13.8. The number of anilines is 1. The standard InChI is InChI=1S/C22H26N4O6S/c1-3-32-22(28)26-13-11-17(12-14-26)23-24-21(27)16-5-4-6-20(15-16)33(29,30)25-18-7-9-19(31-2)10-8-18/h4-10,15,25H,3,11-14H2,1-2H3,(H,24,27). The molecule has 1 heterocycles. The predicted octanol–water partition coefficient (Wildman–Crippen LogP) is 2.83. The average Bonchev–Trinajstić information content (AvgIpc) is 2.83. The number of methoxy groups -OCH3 is 1. The van der Waals surface area contributed by atoms with Gasteiger partial charge in [-0.25, -0.2) is 18.6 Å². The van der Waals surface area contributed by atoms with Crippen molar-refractivity contribution in [3.63, 3.8) is 0 Å². The zero-order valence-electron chi connectivity index (χ0n) is 18.4. The van der Waals surface area contributed by atoms with Gasteiger partial charge in [0.2, 0.25) is 0 Å². The van der Waals surface area contributed by atoms with Crippen LogP contribution in [0.25, 0.3) is 0 Å². The van der Waals surface area contributed by atoms with Crippen molar-refractivity contribution in [1.82, 2.24) is 10.3 Å². The summed E-state index contributed by atoms with van der Waals surface area (Å²) in [4.78, 5) is 25.8. The van der Waals surface area contributed by atoms with Gasteiger partial charge in [0, 0.05) is 42.9 Å². The molecule has 1 aliphatic heterocycles. The number of amides is 2. The van der Waals surface area contributed by atoms with Gasteiger partial charge in [0.1, 0.15) is 5.75 Å². The third-order valence-electron chi connectivity index (χ3n) is 4.93. The molecule has 1 saturated heterocycles. The van der Waals surface area contributed by atoms with E-state index in [9.17, 15) is 18.0 Å².